The topological polar surface area (TPSA) is 51.2 Å². The van der Waals surface area contributed by atoms with Gasteiger partial charge in [0.05, 0.1) is 12.3 Å². The number of rotatable bonds is 5. The molecular weight excluding hydrogens is 320 g/mol. The average Bonchev–Trinajstić information content (AvgIpc) is 2.47. The van der Waals surface area contributed by atoms with Crippen LogP contribution in [0.5, 0.6) is 5.75 Å². The van der Waals surface area contributed by atoms with E-state index in [4.69, 9.17) is 4.74 Å². The molecule has 0 saturated carbocycles. The van der Waals surface area contributed by atoms with Gasteiger partial charge in [-0.15, -0.1) is 0 Å². The molecule has 1 amide bonds. The van der Waals surface area contributed by atoms with Crippen LogP contribution in [-0.2, 0) is 0 Å². The number of aromatic nitrogens is 1. The number of amides is 1. The number of para-hydroxylation sites is 2. The Kier molecular flexibility index (Phi) is 5.12. The molecule has 0 bridgehead atoms. The number of nitrogens with one attached hydrogen (secondary N) is 1. The Bertz CT molecular complexity index is 585. The summed E-state index contributed by atoms with van der Waals surface area (Å²) < 4.78 is 6.43. The molecule has 0 atom stereocenters. The molecule has 2 rings (SSSR count). The van der Waals surface area contributed by atoms with E-state index in [0.717, 1.165) is 10.9 Å². The van der Waals surface area contributed by atoms with Crippen molar-refractivity contribution in [1.82, 2.24) is 4.98 Å². The zero-order valence-corrected chi connectivity index (χ0v) is 12.7. The lowest BCUT2D eigenvalue weighted by Crippen LogP contribution is -2.14. The molecule has 0 unspecified atom stereocenters. The third-order valence-corrected chi connectivity index (χ3v) is 3.03. The SMILES string of the molecule is CCCOc1ccccc1NC(=O)c1ccc(Br)cn1. The Morgan fingerprint density at radius 1 is 1.30 bits per heavy atom. The van der Waals surface area contributed by atoms with Crippen LogP contribution in [0.1, 0.15) is 23.8 Å². The summed E-state index contributed by atoms with van der Waals surface area (Å²) in [5.74, 6) is 0.407. The summed E-state index contributed by atoms with van der Waals surface area (Å²) in [6.07, 6.45) is 2.50. The number of hydrogen-bond donors (Lipinski definition) is 1. The van der Waals surface area contributed by atoms with Crippen LogP contribution in [0.3, 0.4) is 0 Å². The number of hydrogen-bond acceptors (Lipinski definition) is 3. The molecule has 2 aromatic rings. The number of carbonyl (C=O) groups excluding carboxylic acids is 1. The van der Waals surface area contributed by atoms with Gasteiger partial charge in [0.2, 0.25) is 0 Å². The van der Waals surface area contributed by atoms with Gasteiger partial charge in [0.15, 0.2) is 0 Å². The van der Waals surface area contributed by atoms with E-state index in [-0.39, 0.29) is 5.91 Å². The molecular formula is C15H15BrN2O2. The highest BCUT2D eigenvalue weighted by molar-refractivity contribution is 9.10. The third-order valence-electron chi connectivity index (χ3n) is 2.56. The van der Waals surface area contributed by atoms with Gasteiger partial charge < -0.3 is 10.1 Å². The minimum absolute atomic E-state index is 0.259. The predicted octanol–water partition coefficient (Wildman–Crippen LogP) is 3.89. The van der Waals surface area contributed by atoms with Crippen LogP contribution in [0.25, 0.3) is 0 Å². The van der Waals surface area contributed by atoms with Gasteiger partial charge in [-0.3, -0.25) is 4.79 Å². The molecule has 104 valence electrons. The highest BCUT2D eigenvalue weighted by atomic mass is 79.9. The predicted molar refractivity (Wildman–Crippen MR) is 82.1 cm³/mol. The second-order valence-corrected chi connectivity index (χ2v) is 5.08. The summed E-state index contributed by atoms with van der Waals surface area (Å²) in [6.45, 7) is 2.65. The molecule has 20 heavy (non-hydrogen) atoms. The van der Waals surface area contributed by atoms with Gasteiger partial charge in [0.1, 0.15) is 11.4 Å². The minimum atomic E-state index is -0.259. The van der Waals surface area contributed by atoms with Gasteiger partial charge in [0, 0.05) is 10.7 Å². The molecule has 0 spiro atoms. The highest BCUT2D eigenvalue weighted by Crippen LogP contribution is 2.24. The van der Waals surface area contributed by atoms with Crippen LogP contribution in [-0.4, -0.2) is 17.5 Å². The van der Waals surface area contributed by atoms with Gasteiger partial charge in [-0.2, -0.15) is 0 Å². The van der Waals surface area contributed by atoms with Crippen LogP contribution >= 0.6 is 15.9 Å². The van der Waals surface area contributed by atoms with E-state index in [2.05, 4.69) is 26.2 Å². The molecule has 0 saturated heterocycles. The summed E-state index contributed by atoms with van der Waals surface area (Å²) in [5, 5.41) is 2.81. The van der Waals surface area contributed by atoms with Crippen molar-refractivity contribution in [3.8, 4) is 5.75 Å². The van der Waals surface area contributed by atoms with E-state index in [0.29, 0.717) is 23.7 Å². The first-order valence-corrected chi connectivity index (χ1v) is 7.14. The smallest absolute Gasteiger partial charge is 0.274 e. The Labute approximate surface area is 126 Å². The van der Waals surface area contributed by atoms with E-state index in [1.54, 1.807) is 18.3 Å². The first-order valence-electron chi connectivity index (χ1n) is 6.35. The van der Waals surface area contributed by atoms with Crippen molar-refractivity contribution in [2.45, 2.75) is 13.3 Å². The molecule has 5 heteroatoms. The third kappa shape index (κ3) is 3.81. The standard InChI is InChI=1S/C15H15BrN2O2/c1-2-9-20-14-6-4-3-5-12(14)18-15(19)13-8-7-11(16)10-17-13/h3-8,10H,2,9H2,1H3,(H,18,19). The first kappa shape index (κ1) is 14.5. The number of carbonyl (C=O) groups is 1. The Morgan fingerprint density at radius 3 is 2.80 bits per heavy atom. The maximum atomic E-state index is 12.1. The number of pyridine rings is 1. The quantitative estimate of drug-likeness (QED) is 0.902. The van der Waals surface area contributed by atoms with Crippen molar-refractivity contribution in [2.75, 3.05) is 11.9 Å². The first-order chi connectivity index (χ1) is 9.70. The summed E-state index contributed by atoms with van der Waals surface area (Å²) in [5.41, 5.74) is 1.01. The molecule has 0 radical (unpaired) electrons. The second-order valence-electron chi connectivity index (χ2n) is 4.16. The van der Waals surface area contributed by atoms with Gasteiger partial charge in [-0.05, 0) is 46.6 Å². The number of halogens is 1. The fourth-order valence-electron chi connectivity index (χ4n) is 1.60. The van der Waals surface area contributed by atoms with E-state index in [1.807, 2.05) is 31.2 Å². The van der Waals surface area contributed by atoms with E-state index in [9.17, 15) is 4.79 Å². The summed E-state index contributed by atoms with van der Waals surface area (Å²) in [6, 6.07) is 10.8. The second kappa shape index (κ2) is 7.05. The number of ether oxygens (including phenoxy) is 1. The molecule has 4 nitrogen and oxygen atoms in total. The molecule has 0 aliphatic heterocycles. The van der Waals surface area contributed by atoms with Crippen LogP contribution in [0, 0.1) is 0 Å². The van der Waals surface area contributed by atoms with Crippen molar-refractivity contribution >= 4 is 27.5 Å². The monoisotopic (exact) mass is 334 g/mol. The fourth-order valence-corrected chi connectivity index (χ4v) is 1.84. The van der Waals surface area contributed by atoms with Crippen LogP contribution in [0.4, 0.5) is 5.69 Å². The molecule has 1 heterocycles. The maximum absolute atomic E-state index is 12.1. The largest absolute Gasteiger partial charge is 0.491 e. The lowest BCUT2D eigenvalue weighted by Gasteiger charge is -2.11. The number of nitrogens with zero attached hydrogens (tertiary/aromatic N) is 1. The number of anilines is 1. The van der Waals surface area contributed by atoms with Crippen molar-refractivity contribution in [2.24, 2.45) is 0 Å². The maximum Gasteiger partial charge on any atom is 0.274 e. The summed E-state index contributed by atoms with van der Waals surface area (Å²) >= 11 is 3.29. The van der Waals surface area contributed by atoms with Crippen molar-refractivity contribution < 1.29 is 9.53 Å². The van der Waals surface area contributed by atoms with Crippen molar-refractivity contribution in [3.63, 3.8) is 0 Å². The zero-order chi connectivity index (χ0) is 14.4. The lowest BCUT2D eigenvalue weighted by atomic mass is 10.2. The van der Waals surface area contributed by atoms with E-state index in [1.165, 1.54) is 0 Å². The van der Waals surface area contributed by atoms with Crippen molar-refractivity contribution in [3.05, 3.63) is 52.8 Å². The van der Waals surface area contributed by atoms with E-state index < -0.39 is 0 Å². The van der Waals surface area contributed by atoms with Crippen LogP contribution in [0.2, 0.25) is 0 Å². The fraction of sp³-hybridized carbons (Fsp3) is 0.200. The lowest BCUT2D eigenvalue weighted by molar-refractivity contribution is 0.102. The molecule has 1 aromatic carbocycles. The summed E-state index contributed by atoms with van der Waals surface area (Å²) in [4.78, 5) is 16.2. The van der Waals surface area contributed by atoms with Crippen LogP contribution in [0.15, 0.2) is 47.1 Å². The normalized spacial score (nSPS) is 10.1. The Balaban J connectivity index is 2.13. The van der Waals surface area contributed by atoms with Gasteiger partial charge in [-0.1, -0.05) is 19.1 Å². The molecule has 0 aliphatic rings. The zero-order valence-electron chi connectivity index (χ0n) is 11.1. The van der Waals surface area contributed by atoms with Gasteiger partial charge in [0.25, 0.3) is 5.91 Å². The van der Waals surface area contributed by atoms with Crippen LogP contribution < -0.4 is 10.1 Å². The number of benzene rings is 1. The van der Waals surface area contributed by atoms with Gasteiger partial charge in [-0.25, -0.2) is 4.98 Å². The highest BCUT2D eigenvalue weighted by Gasteiger charge is 2.10. The van der Waals surface area contributed by atoms with Gasteiger partial charge >= 0.3 is 0 Å². The molecule has 1 N–H and O–H groups in total. The summed E-state index contributed by atoms with van der Waals surface area (Å²) in [7, 11) is 0. The molecule has 0 aliphatic carbocycles. The Hall–Kier alpha value is -1.88. The van der Waals surface area contributed by atoms with Crippen molar-refractivity contribution in [1.29, 1.82) is 0 Å². The van der Waals surface area contributed by atoms with E-state index >= 15 is 0 Å². The minimum Gasteiger partial charge on any atom is -0.491 e. The molecule has 0 fully saturated rings. The average molecular weight is 335 g/mol. The molecule has 1 aromatic heterocycles. The Morgan fingerprint density at radius 2 is 2.10 bits per heavy atom.